The summed E-state index contributed by atoms with van der Waals surface area (Å²) >= 11 is 0. The van der Waals surface area contributed by atoms with E-state index < -0.39 is 0 Å². The molecular formula is C22H27FN2O3. The fourth-order valence-corrected chi connectivity index (χ4v) is 3.46. The lowest BCUT2D eigenvalue weighted by Gasteiger charge is -2.35. The Labute approximate surface area is 165 Å². The van der Waals surface area contributed by atoms with Crippen molar-refractivity contribution in [3.63, 3.8) is 0 Å². The van der Waals surface area contributed by atoms with Gasteiger partial charge in [-0.3, -0.25) is 4.79 Å². The van der Waals surface area contributed by atoms with Crippen LogP contribution in [0.25, 0.3) is 0 Å². The van der Waals surface area contributed by atoms with Crippen molar-refractivity contribution < 1.29 is 18.7 Å². The first-order valence-corrected chi connectivity index (χ1v) is 9.53. The van der Waals surface area contributed by atoms with Gasteiger partial charge in [0.1, 0.15) is 0 Å². The summed E-state index contributed by atoms with van der Waals surface area (Å²) in [7, 11) is 1.45. The predicted molar refractivity (Wildman–Crippen MR) is 106 cm³/mol. The molecule has 150 valence electrons. The molecule has 3 rings (SSSR count). The number of hydrogen-bond acceptors (Lipinski definition) is 4. The van der Waals surface area contributed by atoms with Crippen molar-refractivity contribution in [3.05, 3.63) is 65.0 Å². The lowest BCUT2D eigenvalue weighted by molar-refractivity contribution is -0.0586. The van der Waals surface area contributed by atoms with Crippen LogP contribution in [-0.4, -0.2) is 43.2 Å². The van der Waals surface area contributed by atoms with E-state index in [4.69, 9.17) is 9.47 Å². The van der Waals surface area contributed by atoms with Gasteiger partial charge in [-0.25, -0.2) is 4.39 Å². The lowest BCUT2D eigenvalue weighted by atomic mass is 10.1. The Hall–Kier alpha value is -2.44. The molecule has 1 N–H and O–H groups in total. The molecular weight excluding hydrogens is 359 g/mol. The predicted octanol–water partition coefficient (Wildman–Crippen LogP) is 3.37. The third-order valence-corrected chi connectivity index (χ3v) is 4.78. The highest BCUT2D eigenvalue weighted by Gasteiger charge is 2.26. The third-order valence-electron chi connectivity index (χ3n) is 4.78. The van der Waals surface area contributed by atoms with Crippen LogP contribution in [0.4, 0.5) is 4.39 Å². The number of morpholine rings is 1. The Morgan fingerprint density at radius 2 is 1.71 bits per heavy atom. The number of nitrogens with one attached hydrogen (secondary N) is 1. The van der Waals surface area contributed by atoms with Crippen LogP contribution in [0.2, 0.25) is 0 Å². The summed E-state index contributed by atoms with van der Waals surface area (Å²) in [6.07, 6.45) is 0.109. The number of ether oxygens (including phenoxy) is 2. The molecule has 0 radical (unpaired) electrons. The molecule has 1 aliphatic rings. The molecule has 0 aromatic heterocycles. The van der Waals surface area contributed by atoms with Gasteiger partial charge in [-0.15, -0.1) is 0 Å². The SMILES string of the molecule is COc1ccc(CNCc2ccc(C(=O)N3CC(C)OC(C)C3)cc2)cc1F. The Bertz CT molecular complexity index is 800. The van der Waals surface area contributed by atoms with Gasteiger partial charge in [0.05, 0.1) is 19.3 Å². The minimum Gasteiger partial charge on any atom is -0.494 e. The number of carbonyl (C=O) groups excluding carboxylic acids is 1. The molecule has 0 saturated carbocycles. The highest BCUT2D eigenvalue weighted by Crippen LogP contribution is 2.18. The Morgan fingerprint density at radius 1 is 1.11 bits per heavy atom. The zero-order valence-electron chi connectivity index (χ0n) is 16.6. The highest BCUT2D eigenvalue weighted by atomic mass is 19.1. The smallest absolute Gasteiger partial charge is 0.254 e. The average molecular weight is 386 g/mol. The summed E-state index contributed by atoms with van der Waals surface area (Å²) in [4.78, 5) is 14.5. The van der Waals surface area contributed by atoms with E-state index in [2.05, 4.69) is 5.32 Å². The largest absolute Gasteiger partial charge is 0.494 e. The molecule has 1 aliphatic heterocycles. The quantitative estimate of drug-likeness (QED) is 0.827. The Morgan fingerprint density at radius 3 is 2.32 bits per heavy atom. The fourth-order valence-electron chi connectivity index (χ4n) is 3.46. The highest BCUT2D eigenvalue weighted by molar-refractivity contribution is 5.94. The second-order valence-electron chi connectivity index (χ2n) is 7.24. The van der Waals surface area contributed by atoms with E-state index in [1.54, 1.807) is 6.07 Å². The maximum atomic E-state index is 13.7. The molecule has 0 aliphatic carbocycles. The molecule has 28 heavy (non-hydrogen) atoms. The maximum Gasteiger partial charge on any atom is 0.254 e. The molecule has 6 heteroatoms. The second-order valence-corrected chi connectivity index (χ2v) is 7.24. The van der Waals surface area contributed by atoms with Crippen molar-refractivity contribution in [2.24, 2.45) is 0 Å². The lowest BCUT2D eigenvalue weighted by Crippen LogP contribution is -2.48. The molecule has 1 saturated heterocycles. The van der Waals surface area contributed by atoms with E-state index in [0.717, 1.165) is 11.1 Å². The van der Waals surface area contributed by atoms with Gasteiger partial charge in [0.2, 0.25) is 0 Å². The van der Waals surface area contributed by atoms with Crippen LogP contribution < -0.4 is 10.1 Å². The van der Waals surface area contributed by atoms with Gasteiger partial charge >= 0.3 is 0 Å². The van der Waals surface area contributed by atoms with Crippen molar-refractivity contribution in [2.75, 3.05) is 20.2 Å². The minimum absolute atomic E-state index is 0.0372. The monoisotopic (exact) mass is 386 g/mol. The van der Waals surface area contributed by atoms with Crippen LogP contribution in [0.3, 0.4) is 0 Å². The van der Waals surface area contributed by atoms with Gasteiger partial charge < -0.3 is 19.7 Å². The van der Waals surface area contributed by atoms with Crippen molar-refractivity contribution in [3.8, 4) is 5.75 Å². The number of halogens is 1. The molecule has 1 fully saturated rings. The first-order chi connectivity index (χ1) is 13.5. The number of benzene rings is 2. The van der Waals surface area contributed by atoms with E-state index in [-0.39, 0.29) is 29.7 Å². The van der Waals surface area contributed by atoms with E-state index in [1.165, 1.54) is 13.2 Å². The summed E-state index contributed by atoms with van der Waals surface area (Å²) in [5.74, 6) is -0.0836. The number of hydrogen-bond donors (Lipinski definition) is 1. The Kier molecular flexibility index (Phi) is 6.65. The summed E-state index contributed by atoms with van der Waals surface area (Å²) in [6.45, 7) is 6.38. The molecule has 1 heterocycles. The van der Waals surface area contributed by atoms with E-state index in [9.17, 15) is 9.18 Å². The molecule has 2 atom stereocenters. The zero-order valence-corrected chi connectivity index (χ0v) is 16.6. The number of methoxy groups -OCH3 is 1. The summed E-state index contributed by atoms with van der Waals surface area (Å²) in [5.41, 5.74) is 2.59. The van der Waals surface area contributed by atoms with Crippen molar-refractivity contribution in [1.82, 2.24) is 10.2 Å². The standard InChI is InChI=1S/C22H27FN2O3/c1-15-13-25(14-16(2)28-15)22(26)19-7-4-17(5-8-19)11-24-12-18-6-9-21(27-3)20(23)10-18/h4-10,15-16,24H,11-14H2,1-3H3. The van der Waals surface area contributed by atoms with Gasteiger partial charge in [0, 0.05) is 31.7 Å². The zero-order chi connectivity index (χ0) is 20.1. The Balaban J connectivity index is 1.53. The maximum absolute atomic E-state index is 13.7. The van der Waals surface area contributed by atoms with Crippen molar-refractivity contribution in [2.45, 2.75) is 39.1 Å². The number of carbonyl (C=O) groups is 1. The number of rotatable bonds is 6. The van der Waals surface area contributed by atoms with Crippen LogP contribution in [0.5, 0.6) is 5.75 Å². The molecule has 2 aromatic rings. The summed E-state index contributed by atoms with van der Waals surface area (Å²) < 4.78 is 24.3. The van der Waals surface area contributed by atoms with Gasteiger partial charge in [-0.1, -0.05) is 18.2 Å². The molecule has 0 bridgehead atoms. The van der Waals surface area contributed by atoms with E-state index in [0.29, 0.717) is 31.7 Å². The summed E-state index contributed by atoms with van der Waals surface area (Å²) in [6, 6.07) is 12.5. The number of nitrogens with zero attached hydrogens (tertiary/aromatic N) is 1. The van der Waals surface area contributed by atoms with Crippen molar-refractivity contribution in [1.29, 1.82) is 0 Å². The fraction of sp³-hybridized carbons (Fsp3) is 0.409. The topological polar surface area (TPSA) is 50.8 Å². The van der Waals surface area contributed by atoms with Crippen molar-refractivity contribution >= 4 is 5.91 Å². The van der Waals surface area contributed by atoms with Gasteiger partial charge in [-0.05, 0) is 49.2 Å². The minimum atomic E-state index is -0.364. The van der Waals surface area contributed by atoms with E-state index >= 15 is 0 Å². The van der Waals surface area contributed by atoms with Gasteiger partial charge in [-0.2, -0.15) is 0 Å². The van der Waals surface area contributed by atoms with Gasteiger partial charge in [0.15, 0.2) is 11.6 Å². The molecule has 0 spiro atoms. The molecule has 2 unspecified atom stereocenters. The second kappa shape index (κ2) is 9.17. The van der Waals surface area contributed by atoms with Crippen LogP contribution in [0.1, 0.15) is 35.3 Å². The van der Waals surface area contributed by atoms with Crippen LogP contribution in [-0.2, 0) is 17.8 Å². The third kappa shape index (κ3) is 5.09. The first kappa shape index (κ1) is 20.3. The van der Waals surface area contributed by atoms with Gasteiger partial charge in [0.25, 0.3) is 5.91 Å². The average Bonchev–Trinajstić information content (AvgIpc) is 2.67. The van der Waals surface area contributed by atoms with Crippen LogP contribution >= 0.6 is 0 Å². The van der Waals surface area contributed by atoms with Crippen LogP contribution in [0, 0.1) is 5.82 Å². The number of amides is 1. The molecule has 1 amide bonds. The first-order valence-electron chi connectivity index (χ1n) is 9.53. The normalized spacial score (nSPS) is 19.5. The molecule has 2 aromatic carbocycles. The summed E-state index contributed by atoms with van der Waals surface area (Å²) in [5, 5.41) is 3.29. The van der Waals surface area contributed by atoms with Crippen LogP contribution in [0.15, 0.2) is 42.5 Å². The van der Waals surface area contributed by atoms with E-state index in [1.807, 2.05) is 49.1 Å². The molecule has 5 nitrogen and oxygen atoms in total.